The highest BCUT2D eigenvalue weighted by Crippen LogP contribution is 2.33. The molecule has 0 atom stereocenters. The highest BCUT2D eigenvalue weighted by Gasteiger charge is 2.22. The number of hydrogen-bond donors (Lipinski definition) is 1. The van der Waals surface area contributed by atoms with Gasteiger partial charge in [0.05, 0.1) is 11.3 Å². The molecular formula is C25H22N4O6S. The van der Waals surface area contributed by atoms with E-state index in [2.05, 4.69) is 15.5 Å². The van der Waals surface area contributed by atoms with Gasteiger partial charge in [-0.15, -0.1) is 5.10 Å². The number of carbonyl (C=O) groups excluding carboxylic acids is 1. The van der Waals surface area contributed by atoms with Crippen LogP contribution in [0.25, 0.3) is 0 Å². The smallest absolute Gasteiger partial charge is 0.322 e. The molecule has 1 aliphatic rings. The van der Waals surface area contributed by atoms with E-state index in [0.717, 1.165) is 11.1 Å². The number of rotatable bonds is 8. The van der Waals surface area contributed by atoms with Crippen molar-refractivity contribution in [3.05, 3.63) is 95.4 Å². The van der Waals surface area contributed by atoms with Crippen LogP contribution in [0.2, 0.25) is 0 Å². The average molecular weight is 507 g/mol. The van der Waals surface area contributed by atoms with Gasteiger partial charge in [0.15, 0.2) is 11.5 Å². The number of ether oxygens (including phenoxy) is 2. The zero-order valence-corrected chi connectivity index (χ0v) is 20.1. The molecule has 0 unspecified atom stereocenters. The Morgan fingerprint density at radius 1 is 0.944 bits per heavy atom. The van der Waals surface area contributed by atoms with Crippen molar-refractivity contribution in [1.82, 2.24) is 14.5 Å². The molecule has 1 aromatic heterocycles. The zero-order valence-electron chi connectivity index (χ0n) is 19.2. The van der Waals surface area contributed by atoms with Gasteiger partial charge in [-0.3, -0.25) is 10.1 Å². The molecular weight excluding hydrogens is 484 g/mol. The first-order valence-corrected chi connectivity index (χ1v) is 12.4. The summed E-state index contributed by atoms with van der Waals surface area (Å²) in [4.78, 5) is 12.7. The summed E-state index contributed by atoms with van der Waals surface area (Å²) in [5.74, 6) is 1.14. The molecule has 0 aliphatic carbocycles. The minimum absolute atomic E-state index is 0.0602. The van der Waals surface area contributed by atoms with Gasteiger partial charge in [-0.2, -0.15) is 4.31 Å². The maximum absolute atomic E-state index is 12.9. The second kappa shape index (κ2) is 9.80. The number of carbonyl (C=O) groups is 1. The van der Waals surface area contributed by atoms with E-state index in [1.165, 1.54) is 35.6 Å². The average Bonchev–Trinajstić information content (AvgIpc) is 3.53. The second-order valence-electron chi connectivity index (χ2n) is 8.09. The Bertz CT molecular complexity index is 1490. The minimum atomic E-state index is -3.72. The highest BCUT2D eigenvalue weighted by molar-refractivity contribution is 7.89. The Balaban J connectivity index is 1.21. The second-order valence-corrected chi connectivity index (χ2v) is 10.1. The molecule has 0 radical (unpaired) electrons. The van der Waals surface area contributed by atoms with Crippen LogP contribution in [0.4, 0.5) is 6.01 Å². The Morgan fingerprint density at radius 2 is 1.69 bits per heavy atom. The number of amides is 1. The fourth-order valence-electron chi connectivity index (χ4n) is 3.65. The summed E-state index contributed by atoms with van der Waals surface area (Å²) in [6, 6.07) is 20.4. The molecule has 184 valence electrons. The van der Waals surface area contributed by atoms with Gasteiger partial charge in [0.2, 0.25) is 22.7 Å². The Hall–Kier alpha value is -4.22. The molecule has 0 saturated heterocycles. The fourth-order valence-corrected chi connectivity index (χ4v) is 4.81. The van der Waals surface area contributed by atoms with Crippen molar-refractivity contribution in [1.29, 1.82) is 0 Å². The molecule has 3 aromatic carbocycles. The van der Waals surface area contributed by atoms with E-state index in [1.807, 2.05) is 42.5 Å². The van der Waals surface area contributed by atoms with Crippen LogP contribution in [0.1, 0.15) is 27.4 Å². The van der Waals surface area contributed by atoms with Crippen LogP contribution in [0.15, 0.2) is 82.1 Å². The Labute approximate surface area is 207 Å². The minimum Gasteiger partial charge on any atom is -0.454 e. The summed E-state index contributed by atoms with van der Waals surface area (Å²) in [7, 11) is -2.21. The standard InChI is InChI=1S/C25H22N4O6S/c1-29(15-17-5-3-2-4-6-17)36(31,32)20-10-8-19(9-11-20)24(30)26-25-28-27-23(35-25)14-18-7-12-21-22(13-18)34-16-33-21/h2-13H,14-16H2,1H3,(H,26,28,30). The molecule has 11 heteroatoms. The lowest BCUT2D eigenvalue weighted by atomic mass is 10.1. The SMILES string of the molecule is CN(Cc1ccccc1)S(=O)(=O)c1ccc(C(=O)Nc2nnc(Cc3ccc4c(c3)OCO4)o2)cc1. The molecule has 4 aromatic rings. The molecule has 0 saturated carbocycles. The fraction of sp³-hybridized carbons (Fsp3) is 0.160. The molecule has 10 nitrogen and oxygen atoms in total. The number of anilines is 1. The van der Waals surface area contributed by atoms with E-state index in [-0.39, 0.29) is 29.8 Å². The lowest BCUT2D eigenvalue weighted by Gasteiger charge is -2.17. The number of sulfonamides is 1. The molecule has 5 rings (SSSR count). The van der Waals surface area contributed by atoms with Crippen LogP contribution in [-0.2, 0) is 23.0 Å². The van der Waals surface area contributed by atoms with Crippen molar-refractivity contribution in [2.24, 2.45) is 0 Å². The summed E-state index contributed by atoms with van der Waals surface area (Å²) in [6.45, 7) is 0.421. The molecule has 0 spiro atoms. The van der Waals surface area contributed by atoms with Gasteiger partial charge in [0.1, 0.15) is 0 Å². The lowest BCUT2D eigenvalue weighted by Crippen LogP contribution is -2.26. The summed E-state index contributed by atoms with van der Waals surface area (Å²) < 4.78 is 43.3. The first-order chi connectivity index (χ1) is 17.4. The third kappa shape index (κ3) is 5.07. The van der Waals surface area contributed by atoms with Gasteiger partial charge in [-0.25, -0.2) is 8.42 Å². The van der Waals surface area contributed by atoms with E-state index in [9.17, 15) is 13.2 Å². The molecule has 2 heterocycles. The number of benzene rings is 3. The maximum Gasteiger partial charge on any atom is 0.322 e. The van der Waals surface area contributed by atoms with Gasteiger partial charge in [-0.05, 0) is 47.5 Å². The number of nitrogens with zero attached hydrogens (tertiary/aromatic N) is 3. The van der Waals surface area contributed by atoms with Gasteiger partial charge < -0.3 is 13.9 Å². The van der Waals surface area contributed by atoms with Crippen LogP contribution in [0, 0.1) is 0 Å². The zero-order chi connectivity index (χ0) is 25.1. The molecule has 1 N–H and O–H groups in total. The normalized spacial score (nSPS) is 12.6. The van der Waals surface area contributed by atoms with Crippen LogP contribution < -0.4 is 14.8 Å². The van der Waals surface area contributed by atoms with Crippen molar-refractivity contribution in [3.8, 4) is 11.5 Å². The van der Waals surface area contributed by atoms with Gasteiger partial charge in [0.25, 0.3) is 5.91 Å². The quantitative estimate of drug-likeness (QED) is 0.385. The van der Waals surface area contributed by atoms with Crippen LogP contribution in [0.5, 0.6) is 11.5 Å². The van der Waals surface area contributed by atoms with Gasteiger partial charge in [-0.1, -0.05) is 41.5 Å². The molecule has 36 heavy (non-hydrogen) atoms. The Morgan fingerprint density at radius 3 is 2.47 bits per heavy atom. The van der Waals surface area contributed by atoms with Crippen molar-refractivity contribution >= 4 is 21.9 Å². The summed E-state index contributed by atoms with van der Waals surface area (Å²) >= 11 is 0. The molecule has 0 bridgehead atoms. The predicted octanol–water partition coefficient (Wildman–Crippen LogP) is 3.46. The summed E-state index contributed by atoms with van der Waals surface area (Å²) in [5, 5.41) is 10.4. The summed E-state index contributed by atoms with van der Waals surface area (Å²) in [5.41, 5.74) is 2.00. The molecule has 1 aliphatic heterocycles. The Kier molecular flexibility index (Phi) is 6.40. The first-order valence-electron chi connectivity index (χ1n) is 11.0. The topological polar surface area (TPSA) is 124 Å². The van der Waals surface area contributed by atoms with Gasteiger partial charge in [0, 0.05) is 19.2 Å². The molecule has 1 amide bonds. The number of aromatic nitrogens is 2. The van der Waals surface area contributed by atoms with E-state index < -0.39 is 15.9 Å². The van der Waals surface area contributed by atoms with E-state index in [0.29, 0.717) is 23.8 Å². The summed E-state index contributed by atoms with van der Waals surface area (Å²) in [6.07, 6.45) is 0.350. The maximum atomic E-state index is 12.9. The van der Waals surface area contributed by atoms with Crippen molar-refractivity contribution in [2.75, 3.05) is 19.2 Å². The van der Waals surface area contributed by atoms with Crippen LogP contribution >= 0.6 is 0 Å². The molecule has 0 fully saturated rings. The number of hydrogen-bond acceptors (Lipinski definition) is 8. The van der Waals surface area contributed by atoms with Crippen LogP contribution in [-0.4, -0.2) is 42.7 Å². The number of nitrogens with one attached hydrogen (secondary N) is 1. The van der Waals surface area contributed by atoms with Gasteiger partial charge >= 0.3 is 6.01 Å². The largest absolute Gasteiger partial charge is 0.454 e. The monoisotopic (exact) mass is 506 g/mol. The third-order valence-electron chi connectivity index (χ3n) is 5.55. The van der Waals surface area contributed by atoms with E-state index in [4.69, 9.17) is 13.9 Å². The van der Waals surface area contributed by atoms with Crippen molar-refractivity contribution in [3.63, 3.8) is 0 Å². The van der Waals surface area contributed by atoms with Crippen molar-refractivity contribution in [2.45, 2.75) is 17.9 Å². The predicted molar refractivity (Wildman–Crippen MR) is 129 cm³/mol. The first kappa shape index (κ1) is 23.5. The lowest BCUT2D eigenvalue weighted by molar-refractivity contribution is 0.102. The van der Waals surface area contributed by atoms with Crippen molar-refractivity contribution < 1.29 is 27.1 Å². The highest BCUT2D eigenvalue weighted by atomic mass is 32.2. The van der Waals surface area contributed by atoms with E-state index in [1.54, 1.807) is 6.07 Å². The third-order valence-corrected chi connectivity index (χ3v) is 7.37. The van der Waals surface area contributed by atoms with E-state index >= 15 is 0 Å². The number of fused-ring (bicyclic) bond motifs is 1. The van der Waals surface area contributed by atoms with Crippen LogP contribution in [0.3, 0.4) is 0 Å².